The predicted octanol–water partition coefficient (Wildman–Crippen LogP) is 2.22. The lowest BCUT2D eigenvalue weighted by Crippen LogP contribution is -2.54. The number of nitrogens with one attached hydrogen (secondary N) is 1. The fraction of sp³-hybridized carbons (Fsp3) is 0.429. The number of aromatic nitrogens is 1. The molecule has 1 fully saturated rings. The van der Waals surface area contributed by atoms with E-state index in [2.05, 4.69) is 9.88 Å². The Morgan fingerprint density at radius 2 is 2.04 bits per heavy atom. The van der Waals surface area contributed by atoms with Crippen molar-refractivity contribution in [1.82, 2.24) is 9.88 Å². The van der Waals surface area contributed by atoms with Crippen molar-refractivity contribution in [3.63, 3.8) is 0 Å². The monoisotopic (exact) mass is 367 g/mol. The third-order valence-electron chi connectivity index (χ3n) is 5.63. The van der Waals surface area contributed by atoms with Crippen molar-refractivity contribution in [3.05, 3.63) is 57.5 Å². The van der Waals surface area contributed by atoms with Crippen LogP contribution in [0.5, 0.6) is 5.75 Å². The molecule has 1 amide bonds. The number of ether oxygens (including phenoxy) is 1. The number of hydrogen-bond donors (Lipinski definition) is 1. The van der Waals surface area contributed by atoms with Crippen molar-refractivity contribution in [2.45, 2.75) is 32.2 Å². The lowest BCUT2D eigenvalue weighted by molar-refractivity contribution is 0.0672. The number of rotatable bonds is 3. The first-order chi connectivity index (χ1) is 13.1. The molecule has 1 aliphatic heterocycles. The molecule has 0 radical (unpaired) electrons. The Kier molecular flexibility index (Phi) is 4.64. The molecule has 142 valence electrons. The van der Waals surface area contributed by atoms with E-state index in [0.717, 1.165) is 42.0 Å². The van der Waals surface area contributed by atoms with Gasteiger partial charge in [0.2, 0.25) is 0 Å². The van der Waals surface area contributed by atoms with Crippen molar-refractivity contribution in [2.24, 2.45) is 0 Å². The van der Waals surface area contributed by atoms with Gasteiger partial charge in [-0.25, -0.2) is 0 Å². The Hall–Kier alpha value is -2.76. The maximum atomic E-state index is 13.1. The summed E-state index contributed by atoms with van der Waals surface area (Å²) in [7, 11) is 1.67. The highest BCUT2D eigenvalue weighted by atomic mass is 16.5. The maximum absolute atomic E-state index is 13.1. The van der Waals surface area contributed by atoms with Crippen LogP contribution in [0.4, 0.5) is 5.69 Å². The van der Waals surface area contributed by atoms with Crippen LogP contribution in [0, 0.1) is 0 Å². The van der Waals surface area contributed by atoms with Gasteiger partial charge >= 0.3 is 0 Å². The number of carbonyl (C=O) groups is 1. The van der Waals surface area contributed by atoms with Crippen LogP contribution in [0.25, 0.3) is 0 Å². The number of para-hydroxylation sites is 2. The minimum absolute atomic E-state index is 0.00353. The van der Waals surface area contributed by atoms with Crippen molar-refractivity contribution in [2.75, 3.05) is 31.6 Å². The Morgan fingerprint density at radius 3 is 2.81 bits per heavy atom. The van der Waals surface area contributed by atoms with E-state index in [0.29, 0.717) is 19.6 Å². The topological polar surface area (TPSA) is 65.6 Å². The molecule has 0 bridgehead atoms. The van der Waals surface area contributed by atoms with E-state index in [-0.39, 0.29) is 23.1 Å². The number of nitrogens with zero attached hydrogens (tertiary/aromatic N) is 2. The van der Waals surface area contributed by atoms with Crippen molar-refractivity contribution < 1.29 is 9.53 Å². The minimum Gasteiger partial charge on any atom is -0.495 e. The number of aromatic amines is 1. The number of amides is 1. The van der Waals surface area contributed by atoms with Gasteiger partial charge in [0.1, 0.15) is 11.3 Å². The molecule has 1 atom stereocenters. The van der Waals surface area contributed by atoms with Gasteiger partial charge < -0.3 is 19.5 Å². The number of hydrogen-bond acceptors (Lipinski definition) is 4. The third kappa shape index (κ3) is 3.20. The molecule has 1 saturated heterocycles. The highest BCUT2D eigenvalue weighted by molar-refractivity contribution is 5.94. The van der Waals surface area contributed by atoms with E-state index in [1.807, 2.05) is 42.2 Å². The van der Waals surface area contributed by atoms with E-state index >= 15 is 0 Å². The van der Waals surface area contributed by atoms with Crippen LogP contribution in [0.15, 0.2) is 35.1 Å². The highest BCUT2D eigenvalue weighted by Gasteiger charge is 2.31. The molecule has 0 saturated carbocycles. The van der Waals surface area contributed by atoms with Crippen molar-refractivity contribution >= 4 is 11.6 Å². The molecule has 2 aliphatic rings. The summed E-state index contributed by atoms with van der Waals surface area (Å²) in [5, 5.41) is 0. The second-order valence-electron chi connectivity index (χ2n) is 7.33. The summed E-state index contributed by atoms with van der Waals surface area (Å²) in [6.07, 6.45) is 2.87. The number of pyridine rings is 1. The van der Waals surface area contributed by atoms with Crippen LogP contribution < -0.4 is 15.2 Å². The van der Waals surface area contributed by atoms with Crippen LogP contribution in [0.1, 0.15) is 35.0 Å². The van der Waals surface area contributed by atoms with Gasteiger partial charge in [-0.3, -0.25) is 9.59 Å². The molecule has 6 heteroatoms. The molecule has 2 heterocycles. The minimum atomic E-state index is -0.264. The summed E-state index contributed by atoms with van der Waals surface area (Å²) in [4.78, 5) is 32.4. The number of aryl methyl sites for hydroxylation is 2. The normalized spacial score (nSPS) is 19.1. The van der Waals surface area contributed by atoms with E-state index in [1.54, 1.807) is 7.11 Å². The molecule has 4 rings (SSSR count). The number of benzene rings is 1. The van der Waals surface area contributed by atoms with Crippen molar-refractivity contribution in [1.29, 1.82) is 0 Å². The number of anilines is 1. The highest BCUT2D eigenvalue weighted by Crippen LogP contribution is 2.29. The van der Waals surface area contributed by atoms with Gasteiger partial charge in [-0.1, -0.05) is 12.1 Å². The summed E-state index contributed by atoms with van der Waals surface area (Å²) >= 11 is 0. The van der Waals surface area contributed by atoms with Gasteiger partial charge in [0.25, 0.3) is 11.5 Å². The largest absolute Gasteiger partial charge is 0.495 e. The molecule has 1 aromatic carbocycles. The van der Waals surface area contributed by atoms with E-state index in [1.165, 1.54) is 0 Å². The number of carbonyl (C=O) groups excluding carboxylic acids is 1. The second-order valence-corrected chi connectivity index (χ2v) is 7.33. The summed E-state index contributed by atoms with van der Waals surface area (Å²) in [5.74, 6) is 0.665. The van der Waals surface area contributed by atoms with Gasteiger partial charge in [-0.05, 0) is 49.9 Å². The molecule has 27 heavy (non-hydrogen) atoms. The molecule has 1 N–H and O–H groups in total. The summed E-state index contributed by atoms with van der Waals surface area (Å²) in [6.45, 7) is 4.02. The molecule has 1 aromatic heterocycles. The van der Waals surface area contributed by atoms with Crippen LogP contribution >= 0.6 is 0 Å². The number of methoxy groups -OCH3 is 1. The summed E-state index contributed by atoms with van der Waals surface area (Å²) < 4.78 is 5.47. The fourth-order valence-electron chi connectivity index (χ4n) is 4.20. The van der Waals surface area contributed by atoms with E-state index in [9.17, 15) is 9.59 Å². The Morgan fingerprint density at radius 1 is 1.22 bits per heavy atom. The Labute approximate surface area is 158 Å². The van der Waals surface area contributed by atoms with Crippen LogP contribution in [-0.4, -0.2) is 48.6 Å². The average molecular weight is 367 g/mol. The zero-order valence-corrected chi connectivity index (χ0v) is 15.8. The summed E-state index contributed by atoms with van der Waals surface area (Å²) in [5.41, 5.74) is 3.14. The van der Waals surface area contributed by atoms with Crippen LogP contribution in [0.2, 0.25) is 0 Å². The van der Waals surface area contributed by atoms with Gasteiger partial charge in [-0.2, -0.15) is 0 Å². The van der Waals surface area contributed by atoms with E-state index in [4.69, 9.17) is 4.74 Å². The quantitative estimate of drug-likeness (QED) is 0.903. The molecule has 0 spiro atoms. The van der Waals surface area contributed by atoms with Gasteiger partial charge in [-0.15, -0.1) is 0 Å². The number of piperazine rings is 1. The lowest BCUT2D eigenvalue weighted by Gasteiger charge is -2.41. The van der Waals surface area contributed by atoms with Crippen LogP contribution in [0.3, 0.4) is 0 Å². The number of fused-ring (bicyclic) bond motifs is 1. The lowest BCUT2D eigenvalue weighted by atomic mass is 10.1. The summed E-state index contributed by atoms with van der Waals surface area (Å²) in [6, 6.07) is 9.73. The third-order valence-corrected chi connectivity index (χ3v) is 5.63. The van der Waals surface area contributed by atoms with Crippen LogP contribution in [-0.2, 0) is 12.8 Å². The van der Waals surface area contributed by atoms with Crippen molar-refractivity contribution in [3.8, 4) is 5.75 Å². The SMILES string of the molecule is COc1ccccc1N1CCN(C(=O)c2cc3c([nH]c2=O)CCC3)C(C)C1. The first-order valence-electron chi connectivity index (χ1n) is 9.52. The smallest absolute Gasteiger partial charge is 0.261 e. The van der Waals surface area contributed by atoms with E-state index < -0.39 is 0 Å². The van der Waals surface area contributed by atoms with Gasteiger partial charge in [0.15, 0.2) is 0 Å². The Bertz CT molecular complexity index is 921. The molecular weight excluding hydrogens is 342 g/mol. The zero-order valence-electron chi connectivity index (χ0n) is 15.8. The molecule has 6 nitrogen and oxygen atoms in total. The molecular formula is C21H25N3O3. The zero-order chi connectivity index (χ0) is 19.0. The number of H-pyrrole nitrogens is 1. The van der Waals surface area contributed by atoms with Gasteiger partial charge in [0, 0.05) is 31.4 Å². The average Bonchev–Trinajstić information content (AvgIpc) is 3.14. The first-order valence-corrected chi connectivity index (χ1v) is 9.52. The second kappa shape index (κ2) is 7.10. The first kappa shape index (κ1) is 17.6. The maximum Gasteiger partial charge on any atom is 0.261 e. The molecule has 1 aliphatic carbocycles. The molecule has 1 unspecified atom stereocenters. The molecule has 2 aromatic rings. The standard InChI is InChI=1S/C21H25N3O3/c1-14-13-23(18-8-3-4-9-19(18)27-2)10-11-24(14)21(26)16-12-15-6-5-7-17(15)22-20(16)25/h3-4,8-9,12,14H,5-7,10-11,13H2,1-2H3,(H,22,25). The fourth-order valence-corrected chi connectivity index (χ4v) is 4.20. The predicted molar refractivity (Wildman–Crippen MR) is 105 cm³/mol. The van der Waals surface area contributed by atoms with Gasteiger partial charge in [0.05, 0.1) is 12.8 Å². The Balaban J connectivity index is 1.54.